The third-order valence-electron chi connectivity index (χ3n) is 9.40. The van der Waals surface area contributed by atoms with E-state index >= 15 is 0 Å². The number of hydrogen-bond acceptors (Lipinski definition) is 4. The van der Waals surface area contributed by atoms with Gasteiger partial charge in [-0.3, -0.25) is 4.79 Å². The van der Waals surface area contributed by atoms with Crippen LogP contribution in [0.2, 0.25) is 0 Å². The lowest BCUT2D eigenvalue weighted by Gasteiger charge is -2.61. The van der Waals surface area contributed by atoms with Gasteiger partial charge in [0.25, 0.3) is 0 Å². The van der Waals surface area contributed by atoms with Crippen molar-refractivity contribution in [1.82, 2.24) is 0 Å². The molecule has 0 amide bonds. The minimum absolute atomic E-state index is 0.0116. The van der Waals surface area contributed by atoms with Gasteiger partial charge in [0, 0.05) is 6.04 Å². The normalized spacial score (nSPS) is 59.2. The van der Waals surface area contributed by atoms with Gasteiger partial charge in [-0.2, -0.15) is 0 Å². The summed E-state index contributed by atoms with van der Waals surface area (Å²) < 4.78 is 11.1. The molecule has 5 unspecified atom stereocenters. The molecule has 0 aromatic rings. The fourth-order valence-electron chi connectivity index (χ4n) is 8.32. The van der Waals surface area contributed by atoms with Gasteiger partial charge in [-0.15, -0.1) is 0 Å². The quantitative estimate of drug-likeness (QED) is 0.585. The van der Waals surface area contributed by atoms with Crippen LogP contribution in [-0.4, -0.2) is 31.3 Å². The highest BCUT2D eigenvalue weighted by Gasteiger charge is 2.66. The Hall–Kier alpha value is -0.610. The van der Waals surface area contributed by atoms with Gasteiger partial charge in [-0.25, -0.2) is 0 Å². The average molecular weight is 347 g/mol. The lowest BCUT2D eigenvalue weighted by molar-refractivity contribution is -0.156. The van der Waals surface area contributed by atoms with Crippen molar-refractivity contribution in [2.24, 2.45) is 46.2 Å². The first-order valence-corrected chi connectivity index (χ1v) is 10.4. The number of methoxy groups -OCH3 is 1. The van der Waals surface area contributed by atoms with Crippen molar-refractivity contribution in [3.8, 4) is 0 Å². The van der Waals surface area contributed by atoms with Crippen molar-refractivity contribution in [3.05, 3.63) is 0 Å². The number of carbonyl (C=O) groups is 1. The second-order valence-corrected chi connectivity index (χ2v) is 10.3. The van der Waals surface area contributed by atoms with Crippen molar-refractivity contribution in [3.63, 3.8) is 0 Å². The van der Waals surface area contributed by atoms with Crippen LogP contribution in [-0.2, 0) is 14.3 Å². The highest BCUT2D eigenvalue weighted by molar-refractivity contribution is 5.73. The van der Waals surface area contributed by atoms with Crippen molar-refractivity contribution in [2.75, 3.05) is 7.11 Å². The minimum atomic E-state index is -0.0116. The Labute approximate surface area is 151 Å². The standard InChI is InChI=1S/C21H33NO3/c1-20-10-17-16(25-17)8-11(20)4-5-12-13-6-7-14(19(23)24-3)21(13,2)9-15(22)18(12)20/h11-18H,4-10,22H2,1-3H3/t11?,12-,13-,14?,15?,16?,17?,18-,20-,21-/m0/s1. The van der Waals surface area contributed by atoms with Crippen LogP contribution in [0.15, 0.2) is 0 Å². The lowest BCUT2D eigenvalue weighted by Crippen LogP contribution is -2.61. The van der Waals surface area contributed by atoms with E-state index in [1.807, 2.05) is 0 Å². The highest BCUT2D eigenvalue weighted by atomic mass is 16.6. The minimum Gasteiger partial charge on any atom is -0.469 e. The summed E-state index contributed by atoms with van der Waals surface area (Å²) in [6.45, 7) is 4.85. The van der Waals surface area contributed by atoms with Gasteiger partial charge in [0.15, 0.2) is 0 Å². The largest absolute Gasteiger partial charge is 0.469 e. The number of ether oxygens (including phenoxy) is 2. The van der Waals surface area contributed by atoms with Crippen LogP contribution in [0, 0.1) is 40.4 Å². The fourth-order valence-corrected chi connectivity index (χ4v) is 8.32. The summed E-state index contributed by atoms with van der Waals surface area (Å²) in [5.41, 5.74) is 7.26. The maximum absolute atomic E-state index is 12.4. The predicted octanol–water partition coefficient (Wildman–Crippen LogP) is 3.13. The van der Waals surface area contributed by atoms with E-state index in [1.165, 1.54) is 39.2 Å². The van der Waals surface area contributed by atoms with Gasteiger partial charge in [-0.05, 0) is 79.4 Å². The zero-order chi connectivity index (χ0) is 17.6. The number of esters is 1. The molecule has 4 nitrogen and oxygen atoms in total. The molecule has 1 heterocycles. The average Bonchev–Trinajstić information content (AvgIpc) is 3.21. The molecule has 4 aliphatic carbocycles. The summed E-state index contributed by atoms with van der Waals surface area (Å²) in [7, 11) is 1.53. The van der Waals surface area contributed by atoms with Gasteiger partial charge in [-0.1, -0.05) is 13.8 Å². The number of nitrogens with two attached hydrogens (primary N) is 1. The summed E-state index contributed by atoms with van der Waals surface area (Å²) in [4.78, 5) is 12.4. The lowest BCUT2D eigenvalue weighted by atomic mass is 9.43. The molecule has 1 aliphatic heterocycles. The molecular weight excluding hydrogens is 314 g/mol. The number of epoxide rings is 1. The van der Waals surface area contributed by atoms with Crippen LogP contribution >= 0.6 is 0 Å². The van der Waals surface area contributed by atoms with Gasteiger partial charge >= 0.3 is 5.97 Å². The fraction of sp³-hybridized carbons (Fsp3) is 0.952. The van der Waals surface area contributed by atoms with Crippen LogP contribution in [0.1, 0.15) is 58.8 Å². The second-order valence-electron chi connectivity index (χ2n) is 10.3. The first-order valence-electron chi connectivity index (χ1n) is 10.4. The molecular formula is C21H33NO3. The smallest absolute Gasteiger partial charge is 0.309 e. The molecule has 140 valence electrons. The molecule has 25 heavy (non-hydrogen) atoms. The summed E-state index contributed by atoms with van der Waals surface area (Å²) >= 11 is 0. The number of rotatable bonds is 1. The second kappa shape index (κ2) is 5.22. The summed E-state index contributed by atoms with van der Waals surface area (Å²) in [6.07, 6.45) is 9.28. The van der Waals surface area contributed by atoms with Crippen LogP contribution in [0.4, 0.5) is 0 Å². The summed E-state index contributed by atoms with van der Waals surface area (Å²) in [5, 5.41) is 0. The maximum Gasteiger partial charge on any atom is 0.309 e. The molecule has 4 heteroatoms. The van der Waals surface area contributed by atoms with E-state index in [-0.39, 0.29) is 23.3 Å². The van der Waals surface area contributed by atoms with E-state index in [1.54, 1.807) is 0 Å². The van der Waals surface area contributed by atoms with Crippen molar-refractivity contribution in [1.29, 1.82) is 0 Å². The molecule has 5 fully saturated rings. The van der Waals surface area contributed by atoms with E-state index in [2.05, 4.69) is 13.8 Å². The van der Waals surface area contributed by atoms with Crippen LogP contribution in [0.5, 0.6) is 0 Å². The number of hydrogen-bond donors (Lipinski definition) is 1. The van der Waals surface area contributed by atoms with Gasteiger partial charge in [0.2, 0.25) is 0 Å². The molecule has 5 aliphatic rings. The Kier molecular flexibility index (Phi) is 3.46. The van der Waals surface area contributed by atoms with E-state index in [4.69, 9.17) is 15.2 Å². The third kappa shape index (κ3) is 2.10. The zero-order valence-electron chi connectivity index (χ0n) is 15.9. The van der Waals surface area contributed by atoms with E-state index in [0.29, 0.717) is 35.4 Å². The highest BCUT2D eigenvalue weighted by Crippen LogP contribution is 2.68. The van der Waals surface area contributed by atoms with Gasteiger partial charge in [0.05, 0.1) is 25.2 Å². The van der Waals surface area contributed by atoms with E-state index in [0.717, 1.165) is 18.8 Å². The third-order valence-corrected chi connectivity index (χ3v) is 9.40. The molecule has 0 bridgehead atoms. The van der Waals surface area contributed by atoms with Crippen molar-refractivity contribution < 1.29 is 14.3 Å². The van der Waals surface area contributed by atoms with Crippen LogP contribution in [0.3, 0.4) is 0 Å². The van der Waals surface area contributed by atoms with E-state index < -0.39 is 0 Å². The molecule has 2 N–H and O–H groups in total. The monoisotopic (exact) mass is 347 g/mol. The van der Waals surface area contributed by atoms with Gasteiger partial charge < -0.3 is 15.2 Å². The molecule has 1 saturated heterocycles. The van der Waals surface area contributed by atoms with Crippen LogP contribution < -0.4 is 5.73 Å². The molecule has 0 radical (unpaired) electrons. The maximum atomic E-state index is 12.4. The SMILES string of the molecule is COC(=O)C1CC[C@H]2[C@@H]3CCC4CC5OC5C[C@]4(C)[C@@H]3C(N)C[C@]12C. The first-order chi connectivity index (χ1) is 11.9. The Bertz CT molecular complexity index is 594. The molecule has 10 atom stereocenters. The van der Waals surface area contributed by atoms with Crippen LogP contribution in [0.25, 0.3) is 0 Å². The number of carbonyl (C=O) groups excluding carboxylic acids is 1. The molecule has 0 aromatic heterocycles. The van der Waals surface area contributed by atoms with Gasteiger partial charge in [0.1, 0.15) is 0 Å². The predicted molar refractivity (Wildman–Crippen MR) is 94.6 cm³/mol. The zero-order valence-corrected chi connectivity index (χ0v) is 15.9. The Morgan fingerprint density at radius 3 is 2.64 bits per heavy atom. The molecule has 0 aromatic carbocycles. The molecule has 5 rings (SSSR count). The summed E-state index contributed by atoms with van der Waals surface area (Å²) in [5.74, 6) is 2.73. The van der Waals surface area contributed by atoms with Crippen molar-refractivity contribution in [2.45, 2.75) is 77.0 Å². The Morgan fingerprint density at radius 2 is 1.88 bits per heavy atom. The number of fused-ring (bicyclic) bond motifs is 6. The summed E-state index contributed by atoms with van der Waals surface area (Å²) in [6, 6.07) is 0.208. The molecule has 4 saturated carbocycles. The topological polar surface area (TPSA) is 64.8 Å². The molecule has 0 spiro atoms. The Balaban J connectivity index is 1.48. The van der Waals surface area contributed by atoms with E-state index in [9.17, 15) is 4.79 Å². The Morgan fingerprint density at radius 1 is 1.08 bits per heavy atom. The van der Waals surface area contributed by atoms with Crippen molar-refractivity contribution >= 4 is 5.97 Å². The first kappa shape index (κ1) is 16.6.